The third-order valence-corrected chi connectivity index (χ3v) is 4.46. The van der Waals surface area contributed by atoms with E-state index in [-0.39, 0.29) is 30.2 Å². The molecule has 1 N–H and O–H groups in total. The van der Waals surface area contributed by atoms with Gasteiger partial charge in [-0.05, 0) is 42.5 Å². The van der Waals surface area contributed by atoms with Gasteiger partial charge in [0.25, 0.3) is 0 Å². The molecular formula is C23H18ClN3O2. The number of hydrogen-bond acceptors (Lipinski definition) is 3. The Morgan fingerprint density at radius 1 is 0.897 bits per heavy atom. The van der Waals surface area contributed by atoms with Gasteiger partial charge in [0.2, 0.25) is 11.8 Å². The van der Waals surface area contributed by atoms with E-state index in [1.54, 1.807) is 17.0 Å². The van der Waals surface area contributed by atoms with E-state index in [2.05, 4.69) is 5.32 Å². The quantitative estimate of drug-likeness (QED) is 0.607. The maximum absolute atomic E-state index is 12.9. The molecule has 0 spiro atoms. The molecule has 3 aromatic rings. The highest BCUT2D eigenvalue weighted by Crippen LogP contribution is 2.26. The molecule has 0 saturated heterocycles. The molecule has 0 heterocycles. The summed E-state index contributed by atoms with van der Waals surface area (Å²) >= 11 is 5.87. The molecule has 3 aromatic carbocycles. The minimum Gasteiger partial charge on any atom is -0.325 e. The lowest BCUT2D eigenvalue weighted by Gasteiger charge is -2.23. The number of benzene rings is 3. The van der Waals surface area contributed by atoms with Gasteiger partial charge in [-0.1, -0.05) is 48.0 Å². The maximum Gasteiger partial charge on any atom is 0.232 e. The summed E-state index contributed by atoms with van der Waals surface area (Å²) in [5.41, 5.74) is 2.10. The van der Waals surface area contributed by atoms with Crippen LogP contribution in [0, 0.1) is 11.3 Å². The van der Waals surface area contributed by atoms with E-state index in [0.717, 1.165) is 11.4 Å². The van der Waals surface area contributed by atoms with Crippen LogP contribution in [0.25, 0.3) is 0 Å². The third kappa shape index (κ3) is 5.22. The largest absolute Gasteiger partial charge is 0.325 e. The number of rotatable bonds is 6. The Morgan fingerprint density at radius 2 is 1.48 bits per heavy atom. The van der Waals surface area contributed by atoms with Crippen molar-refractivity contribution in [2.45, 2.75) is 12.8 Å². The van der Waals surface area contributed by atoms with Crippen LogP contribution < -0.4 is 10.2 Å². The Labute approximate surface area is 174 Å². The second-order valence-corrected chi connectivity index (χ2v) is 6.69. The summed E-state index contributed by atoms with van der Waals surface area (Å²) in [6.45, 7) is 0. The van der Waals surface area contributed by atoms with Gasteiger partial charge >= 0.3 is 0 Å². The van der Waals surface area contributed by atoms with Crippen LogP contribution in [0.2, 0.25) is 5.02 Å². The van der Waals surface area contributed by atoms with Crippen LogP contribution in [-0.4, -0.2) is 11.8 Å². The Bertz CT molecular complexity index is 1010. The van der Waals surface area contributed by atoms with Crippen LogP contribution in [0.15, 0.2) is 78.9 Å². The van der Waals surface area contributed by atoms with E-state index in [4.69, 9.17) is 11.6 Å². The smallest absolute Gasteiger partial charge is 0.232 e. The molecule has 0 atom stereocenters. The Balaban J connectivity index is 1.71. The van der Waals surface area contributed by atoms with Gasteiger partial charge < -0.3 is 5.32 Å². The van der Waals surface area contributed by atoms with E-state index in [1.165, 1.54) is 6.07 Å². The highest BCUT2D eigenvalue weighted by atomic mass is 35.5. The first-order valence-corrected chi connectivity index (χ1v) is 9.39. The standard InChI is InChI=1S/C23H18ClN3O2/c24-18-11-12-21(17(15-18)16-25)26-22(28)13-14-23(29)27(19-7-3-1-4-8-19)20-9-5-2-6-10-20/h1-12,15H,13-14H2,(H,26,28). The number of carbonyl (C=O) groups is 2. The van der Waals surface area contributed by atoms with E-state index in [1.807, 2.05) is 66.7 Å². The van der Waals surface area contributed by atoms with Crippen LogP contribution in [0.4, 0.5) is 17.1 Å². The number of anilines is 3. The van der Waals surface area contributed by atoms with Gasteiger partial charge in [-0.3, -0.25) is 14.5 Å². The molecule has 144 valence electrons. The number of amides is 2. The van der Waals surface area contributed by atoms with Gasteiger partial charge in [0.15, 0.2) is 0 Å². The molecule has 0 aliphatic heterocycles. The maximum atomic E-state index is 12.9. The first kappa shape index (κ1) is 20.1. The van der Waals surface area contributed by atoms with Crippen molar-refractivity contribution in [3.05, 3.63) is 89.4 Å². The van der Waals surface area contributed by atoms with Crippen LogP contribution in [0.3, 0.4) is 0 Å². The van der Waals surface area contributed by atoms with Crippen molar-refractivity contribution in [1.82, 2.24) is 0 Å². The molecule has 5 nitrogen and oxygen atoms in total. The van der Waals surface area contributed by atoms with Crippen LogP contribution >= 0.6 is 11.6 Å². The van der Waals surface area contributed by atoms with Gasteiger partial charge in [0, 0.05) is 29.2 Å². The summed E-state index contributed by atoms with van der Waals surface area (Å²) in [5, 5.41) is 12.3. The van der Waals surface area contributed by atoms with Gasteiger partial charge in [-0.25, -0.2) is 0 Å². The van der Waals surface area contributed by atoms with E-state index < -0.39 is 0 Å². The van der Waals surface area contributed by atoms with E-state index in [0.29, 0.717) is 10.7 Å². The number of nitriles is 1. The summed E-state index contributed by atoms with van der Waals surface area (Å²) in [6.07, 6.45) is 0.00753. The van der Waals surface area contributed by atoms with Gasteiger partial charge in [0.05, 0.1) is 11.3 Å². The van der Waals surface area contributed by atoms with Crippen molar-refractivity contribution < 1.29 is 9.59 Å². The predicted molar refractivity (Wildman–Crippen MR) is 114 cm³/mol. The summed E-state index contributed by atoms with van der Waals surface area (Å²) < 4.78 is 0. The summed E-state index contributed by atoms with van der Waals surface area (Å²) in [4.78, 5) is 26.9. The first-order valence-electron chi connectivity index (χ1n) is 9.01. The summed E-state index contributed by atoms with van der Waals surface area (Å²) in [6, 6.07) is 25.2. The third-order valence-electron chi connectivity index (χ3n) is 4.22. The average Bonchev–Trinajstić information content (AvgIpc) is 2.75. The highest BCUT2D eigenvalue weighted by molar-refractivity contribution is 6.30. The second-order valence-electron chi connectivity index (χ2n) is 6.25. The number of nitrogens with one attached hydrogen (secondary N) is 1. The fraction of sp³-hybridized carbons (Fsp3) is 0.0870. The lowest BCUT2D eigenvalue weighted by molar-refractivity contribution is -0.122. The lowest BCUT2D eigenvalue weighted by atomic mass is 10.1. The van der Waals surface area contributed by atoms with Gasteiger partial charge in [-0.15, -0.1) is 0 Å². The monoisotopic (exact) mass is 403 g/mol. The summed E-state index contributed by atoms with van der Waals surface area (Å²) in [5.74, 6) is -0.549. The van der Waals surface area contributed by atoms with Gasteiger partial charge in [0.1, 0.15) is 6.07 Å². The van der Waals surface area contributed by atoms with Gasteiger partial charge in [-0.2, -0.15) is 5.26 Å². The molecule has 0 unspecified atom stereocenters. The van der Waals surface area contributed by atoms with Crippen LogP contribution in [0.5, 0.6) is 0 Å². The normalized spacial score (nSPS) is 10.1. The SMILES string of the molecule is N#Cc1cc(Cl)ccc1NC(=O)CCC(=O)N(c1ccccc1)c1ccccc1. The molecule has 0 radical (unpaired) electrons. The van der Waals surface area contributed by atoms with E-state index >= 15 is 0 Å². The Kier molecular flexibility index (Phi) is 6.62. The fourth-order valence-corrected chi connectivity index (χ4v) is 3.03. The lowest BCUT2D eigenvalue weighted by Crippen LogP contribution is -2.27. The molecule has 29 heavy (non-hydrogen) atoms. The van der Waals surface area contributed by atoms with Crippen molar-refractivity contribution in [1.29, 1.82) is 5.26 Å². The number of nitrogens with zero attached hydrogens (tertiary/aromatic N) is 2. The predicted octanol–water partition coefficient (Wildman–Crippen LogP) is 5.30. The fourth-order valence-electron chi connectivity index (χ4n) is 2.85. The molecule has 0 bridgehead atoms. The molecule has 0 aromatic heterocycles. The molecule has 0 aliphatic rings. The van der Waals surface area contributed by atoms with Crippen molar-refractivity contribution in [2.24, 2.45) is 0 Å². The number of para-hydroxylation sites is 2. The van der Waals surface area contributed by atoms with Crippen molar-refractivity contribution in [3.8, 4) is 6.07 Å². The molecule has 3 rings (SSSR count). The molecule has 0 fully saturated rings. The number of hydrogen-bond donors (Lipinski definition) is 1. The zero-order chi connectivity index (χ0) is 20.6. The Morgan fingerprint density at radius 3 is 2.03 bits per heavy atom. The van der Waals surface area contributed by atoms with E-state index in [9.17, 15) is 14.9 Å². The molecule has 0 saturated carbocycles. The first-order chi connectivity index (χ1) is 14.1. The van der Waals surface area contributed by atoms with Crippen LogP contribution in [0.1, 0.15) is 18.4 Å². The Hall–Kier alpha value is -3.62. The van der Waals surface area contributed by atoms with Crippen LogP contribution in [-0.2, 0) is 9.59 Å². The molecule has 6 heteroatoms. The highest BCUT2D eigenvalue weighted by Gasteiger charge is 2.19. The van der Waals surface area contributed by atoms with Crippen molar-refractivity contribution >= 4 is 40.5 Å². The topological polar surface area (TPSA) is 73.2 Å². The summed E-state index contributed by atoms with van der Waals surface area (Å²) in [7, 11) is 0. The minimum absolute atomic E-state index is 0.0114. The molecular weight excluding hydrogens is 386 g/mol. The van der Waals surface area contributed by atoms with Crippen molar-refractivity contribution in [2.75, 3.05) is 10.2 Å². The molecule has 2 amide bonds. The zero-order valence-corrected chi connectivity index (χ0v) is 16.3. The number of halogens is 1. The second kappa shape index (κ2) is 9.54. The average molecular weight is 404 g/mol. The minimum atomic E-state index is -0.349. The molecule has 0 aliphatic carbocycles. The number of carbonyl (C=O) groups excluding carboxylic acids is 2. The van der Waals surface area contributed by atoms with Crippen molar-refractivity contribution in [3.63, 3.8) is 0 Å². The zero-order valence-electron chi connectivity index (χ0n) is 15.5.